The van der Waals surface area contributed by atoms with E-state index in [9.17, 15) is 17.2 Å². The van der Waals surface area contributed by atoms with Crippen molar-refractivity contribution in [3.8, 4) is 11.5 Å². The standard InChI is InChI=1S/C12H11F2NO4S2/c1-18-9-5-4-8(7-10(9)19-12(13)14)15-21(16,17)11-3-2-6-20-11/h2-7,12,15H,1H3. The Labute approximate surface area is 124 Å². The Morgan fingerprint density at radius 2 is 2.00 bits per heavy atom. The topological polar surface area (TPSA) is 64.6 Å². The van der Waals surface area contributed by atoms with Gasteiger partial charge in [-0.1, -0.05) is 6.07 Å². The molecule has 1 aromatic heterocycles. The summed E-state index contributed by atoms with van der Waals surface area (Å²) < 4.78 is 60.3. The average molecular weight is 335 g/mol. The average Bonchev–Trinajstić information content (AvgIpc) is 2.92. The Morgan fingerprint density at radius 1 is 1.24 bits per heavy atom. The number of methoxy groups -OCH3 is 1. The summed E-state index contributed by atoms with van der Waals surface area (Å²) in [5, 5.41) is 1.62. The number of rotatable bonds is 6. The van der Waals surface area contributed by atoms with E-state index in [4.69, 9.17) is 4.74 Å². The van der Waals surface area contributed by atoms with Crippen molar-refractivity contribution < 1.29 is 26.7 Å². The van der Waals surface area contributed by atoms with Gasteiger partial charge in [0.05, 0.1) is 12.8 Å². The number of anilines is 1. The van der Waals surface area contributed by atoms with Gasteiger partial charge in [0.25, 0.3) is 10.0 Å². The van der Waals surface area contributed by atoms with Gasteiger partial charge in [-0.25, -0.2) is 8.42 Å². The van der Waals surface area contributed by atoms with Gasteiger partial charge < -0.3 is 9.47 Å². The highest BCUT2D eigenvalue weighted by Crippen LogP contribution is 2.32. The molecule has 1 aromatic carbocycles. The number of sulfonamides is 1. The molecule has 0 aliphatic carbocycles. The Morgan fingerprint density at radius 3 is 2.57 bits per heavy atom. The maximum Gasteiger partial charge on any atom is 0.387 e. The van der Waals surface area contributed by atoms with E-state index < -0.39 is 16.6 Å². The van der Waals surface area contributed by atoms with Gasteiger partial charge in [0, 0.05) is 6.07 Å². The molecule has 1 N–H and O–H groups in total. The van der Waals surface area contributed by atoms with Gasteiger partial charge in [-0.3, -0.25) is 4.72 Å². The van der Waals surface area contributed by atoms with Crippen molar-refractivity contribution in [3.05, 3.63) is 35.7 Å². The van der Waals surface area contributed by atoms with E-state index in [1.54, 1.807) is 11.4 Å². The van der Waals surface area contributed by atoms with E-state index in [1.807, 2.05) is 0 Å². The van der Waals surface area contributed by atoms with Crippen molar-refractivity contribution in [1.82, 2.24) is 0 Å². The molecule has 0 bridgehead atoms. The van der Waals surface area contributed by atoms with Crippen LogP contribution < -0.4 is 14.2 Å². The van der Waals surface area contributed by atoms with Crippen LogP contribution in [0.5, 0.6) is 11.5 Å². The van der Waals surface area contributed by atoms with Crippen molar-refractivity contribution >= 4 is 27.0 Å². The lowest BCUT2D eigenvalue weighted by molar-refractivity contribution is -0.0511. The van der Waals surface area contributed by atoms with Crippen LogP contribution in [0, 0.1) is 0 Å². The summed E-state index contributed by atoms with van der Waals surface area (Å²) >= 11 is 1.05. The van der Waals surface area contributed by atoms with E-state index in [-0.39, 0.29) is 21.4 Å². The smallest absolute Gasteiger partial charge is 0.387 e. The molecule has 2 rings (SSSR count). The molecule has 21 heavy (non-hydrogen) atoms. The number of nitrogens with one attached hydrogen (secondary N) is 1. The molecule has 1 heterocycles. The number of halogens is 2. The normalized spacial score (nSPS) is 11.4. The van der Waals surface area contributed by atoms with E-state index in [0.29, 0.717) is 0 Å². The van der Waals surface area contributed by atoms with Crippen molar-refractivity contribution in [2.45, 2.75) is 10.8 Å². The van der Waals surface area contributed by atoms with Gasteiger partial charge in [0.1, 0.15) is 4.21 Å². The number of hydrogen-bond donors (Lipinski definition) is 1. The maximum absolute atomic E-state index is 12.3. The molecule has 0 saturated heterocycles. The summed E-state index contributed by atoms with van der Waals surface area (Å²) in [5.41, 5.74) is 0.0971. The lowest BCUT2D eigenvalue weighted by Gasteiger charge is -2.12. The molecule has 9 heteroatoms. The van der Waals surface area contributed by atoms with Crippen LogP contribution in [0.1, 0.15) is 0 Å². The lowest BCUT2D eigenvalue weighted by Crippen LogP contribution is -2.12. The molecule has 2 aromatic rings. The first kappa shape index (κ1) is 15.5. The molecule has 0 radical (unpaired) electrons. The Balaban J connectivity index is 2.29. The molecule has 0 unspecified atom stereocenters. The van der Waals surface area contributed by atoms with Gasteiger partial charge in [0.2, 0.25) is 0 Å². The van der Waals surface area contributed by atoms with Gasteiger partial charge in [0.15, 0.2) is 11.5 Å². The number of benzene rings is 1. The third kappa shape index (κ3) is 3.82. The summed E-state index contributed by atoms with van der Waals surface area (Å²) in [6, 6.07) is 6.90. The summed E-state index contributed by atoms with van der Waals surface area (Å²) in [5.74, 6) is -0.173. The summed E-state index contributed by atoms with van der Waals surface area (Å²) in [6.45, 7) is -3.04. The second-order valence-corrected chi connectivity index (χ2v) is 6.64. The van der Waals surface area contributed by atoms with Crippen LogP contribution in [-0.2, 0) is 10.0 Å². The fraction of sp³-hybridized carbons (Fsp3) is 0.167. The Bertz CT molecular complexity index is 702. The van der Waals surface area contributed by atoms with E-state index in [0.717, 1.165) is 17.4 Å². The largest absolute Gasteiger partial charge is 0.493 e. The molecule has 114 valence electrons. The highest BCUT2D eigenvalue weighted by molar-refractivity contribution is 7.94. The highest BCUT2D eigenvalue weighted by atomic mass is 32.2. The maximum atomic E-state index is 12.3. The van der Waals surface area contributed by atoms with Crippen molar-refractivity contribution in [1.29, 1.82) is 0 Å². The molecule has 0 aliphatic heterocycles. The lowest BCUT2D eigenvalue weighted by atomic mass is 10.3. The third-order valence-electron chi connectivity index (χ3n) is 2.39. The zero-order chi connectivity index (χ0) is 15.5. The van der Waals surface area contributed by atoms with Crippen LogP contribution in [0.2, 0.25) is 0 Å². The number of hydrogen-bond acceptors (Lipinski definition) is 5. The minimum Gasteiger partial charge on any atom is -0.493 e. The van der Waals surface area contributed by atoms with Crippen LogP contribution in [0.3, 0.4) is 0 Å². The first-order valence-electron chi connectivity index (χ1n) is 5.61. The zero-order valence-corrected chi connectivity index (χ0v) is 12.4. The van der Waals surface area contributed by atoms with Gasteiger partial charge in [-0.2, -0.15) is 8.78 Å². The Hall–Kier alpha value is -1.87. The number of ether oxygens (including phenoxy) is 2. The molecule has 0 aliphatic rings. The molecular weight excluding hydrogens is 324 g/mol. The quantitative estimate of drug-likeness (QED) is 0.881. The van der Waals surface area contributed by atoms with Crippen LogP contribution in [0.25, 0.3) is 0 Å². The van der Waals surface area contributed by atoms with Gasteiger partial charge in [-0.15, -0.1) is 11.3 Å². The predicted molar refractivity (Wildman–Crippen MR) is 74.8 cm³/mol. The second kappa shape index (κ2) is 6.27. The monoisotopic (exact) mass is 335 g/mol. The highest BCUT2D eigenvalue weighted by Gasteiger charge is 2.17. The second-order valence-electron chi connectivity index (χ2n) is 3.78. The van der Waals surface area contributed by atoms with Crippen LogP contribution in [0.15, 0.2) is 39.9 Å². The summed E-state index contributed by atoms with van der Waals surface area (Å²) in [7, 11) is -2.46. The molecule has 5 nitrogen and oxygen atoms in total. The van der Waals surface area contributed by atoms with Crippen molar-refractivity contribution in [2.24, 2.45) is 0 Å². The molecule has 0 atom stereocenters. The SMILES string of the molecule is COc1ccc(NS(=O)(=O)c2cccs2)cc1OC(F)F. The van der Waals surface area contributed by atoms with Crippen molar-refractivity contribution in [2.75, 3.05) is 11.8 Å². The summed E-state index contributed by atoms with van der Waals surface area (Å²) in [4.78, 5) is 0. The summed E-state index contributed by atoms with van der Waals surface area (Å²) in [6.07, 6.45) is 0. The number of thiophene rings is 1. The fourth-order valence-corrected chi connectivity index (χ4v) is 3.59. The minimum atomic E-state index is -3.75. The van der Waals surface area contributed by atoms with Crippen LogP contribution in [-0.4, -0.2) is 22.1 Å². The van der Waals surface area contributed by atoms with E-state index >= 15 is 0 Å². The van der Waals surface area contributed by atoms with E-state index in [2.05, 4.69) is 9.46 Å². The molecule has 0 fully saturated rings. The Kier molecular flexibility index (Phi) is 4.63. The molecule has 0 spiro atoms. The minimum absolute atomic E-state index is 0.0781. The van der Waals surface area contributed by atoms with E-state index in [1.165, 1.54) is 25.3 Å². The molecule has 0 amide bonds. The van der Waals surface area contributed by atoms with Crippen molar-refractivity contribution in [3.63, 3.8) is 0 Å². The number of alkyl halides is 2. The zero-order valence-electron chi connectivity index (χ0n) is 10.7. The first-order chi connectivity index (χ1) is 9.92. The molecular formula is C12H11F2NO4S2. The third-order valence-corrected chi connectivity index (χ3v) is 5.17. The van der Waals surface area contributed by atoms with Crippen LogP contribution >= 0.6 is 11.3 Å². The van der Waals surface area contributed by atoms with Gasteiger partial charge >= 0.3 is 6.61 Å². The predicted octanol–water partition coefficient (Wildman–Crippen LogP) is 3.16. The van der Waals surface area contributed by atoms with Gasteiger partial charge in [-0.05, 0) is 23.6 Å². The van der Waals surface area contributed by atoms with Crippen LogP contribution in [0.4, 0.5) is 14.5 Å². The molecule has 0 saturated carbocycles. The fourth-order valence-electron chi connectivity index (χ4n) is 1.55. The first-order valence-corrected chi connectivity index (χ1v) is 7.98.